The lowest BCUT2D eigenvalue weighted by Gasteiger charge is -2.17. The number of carbonyl (C=O) groups excluding carboxylic acids is 2. The minimum Gasteiger partial charge on any atom is -0.373 e. The number of imide groups is 1. The molecular formula is C19H20N2O2. The molecule has 0 aliphatic carbocycles. The van der Waals surface area contributed by atoms with Gasteiger partial charge in [0.05, 0.1) is 12.1 Å². The van der Waals surface area contributed by atoms with Crippen LogP contribution in [0.5, 0.6) is 0 Å². The van der Waals surface area contributed by atoms with E-state index in [0.29, 0.717) is 5.69 Å². The lowest BCUT2D eigenvalue weighted by atomic mass is 10.1. The number of nitrogens with zero attached hydrogens (tertiary/aromatic N) is 1. The van der Waals surface area contributed by atoms with E-state index in [1.54, 1.807) is 0 Å². The molecule has 1 atom stereocenters. The van der Waals surface area contributed by atoms with E-state index in [9.17, 15) is 9.59 Å². The van der Waals surface area contributed by atoms with Gasteiger partial charge in [-0.15, -0.1) is 0 Å². The summed E-state index contributed by atoms with van der Waals surface area (Å²) in [5.41, 5.74) is 4.70. The molecule has 0 bridgehead atoms. The molecule has 0 aromatic heterocycles. The molecule has 1 unspecified atom stereocenters. The highest BCUT2D eigenvalue weighted by molar-refractivity contribution is 6.23. The van der Waals surface area contributed by atoms with Crippen LogP contribution in [-0.4, -0.2) is 17.9 Å². The number of carbonyl (C=O) groups is 2. The summed E-state index contributed by atoms with van der Waals surface area (Å²) in [5, 5.41) is 3.18. The third kappa shape index (κ3) is 3.11. The molecule has 2 aromatic carbocycles. The summed E-state index contributed by atoms with van der Waals surface area (Å²) in [6.07, 6.45) is 0.180. The number of benzene rings is 2. The Morgan fingerprint density at radius 2 is 1.65 bits per heavy atom. The normalized spacial score (nSPS) is 17.7. The monoisotopic (exact) mass is 308 g/mol. The molecule has 3 rings (SSSR count). The fourth-order valence-electron chi connectivity index (χ4n) is 3.03. The second-order valence-corrected chi connectivity index (χ2v) is 6.18. The van der Waals surface area contributed by atoms with Crippen molar-refractivity contribution in [1.29, 1.82) is 0 Å². The van der Waals surface area contributed by atoms with Crippen LogP contribution in [0.25, 0.3) is 0 Å². The van der Waals surface area contributed by atoms with Gasteiger partial charge in [-0.3, -0.25) is 9.59 Å². The Hall–Kier alpha value is -2.62. The first kappa shape index (κ1) is 15.3. The summed E-state index contributed by atoms with van der Waals surface area (Å²) in [6.45, 7) is 5.92. The van der Waals surface area contributed by atoms with Gasteiger partial charge >= 0.3 is 0 Å². The van der Waals surface area contributed by atoms with E-state index in [0.717, 1.165) is 22.4 Å². The van der Waals surface area contributed by atoms with Gasteiger partial charge in [0.15, 0.2) is 0 Å². The van der Waals surface area contributed by atoms with Gasteiger partial charge in [-0.25, -0.2) is 4.90 Å². The van der Waals surface area contributed by atoms with Crippen molar-refractivity contribution >= 4 is 23.2 Å². The maximum atomic E-state index is 12.7. The summed E-state index contributed by atoms with van der Waals surface area (Å²) in [5.74, 6) is -0.355. The SMILES string of the molecule is Cc1cccc(NC2CC(=O)N(c3cc(C)cc(C)c3)C2=O)c1. The Bertz CT molecular complexity index is 762. The van der Waals surface area contributed by atoms with Crippen molar-refractivity contribution in [2.24, 2.45) is 0 Å². The van der Waals surface area contributed by atoms with Crippen LogP contribution in [0.15, 0.2) is 42.5 Å². The van der Waals surface area contributed by atoms with Crippen LogP contribution in [0.4, 0.5) is 11.4 Å². The fourth-order valence-corrected chi connectivity index (χ4v) is 3.03. The van der Waals surface area contributed by atoms with E-state index >= 15 is 0 Å². The molecule has 1 heterocycles. The fraction of sp³-hybridized carbons (Fsp3) is 0.263. The van der Waals surface area contributed by atoms with Crippen LogP contribution < -0.4 is 10.2 Å². The van der Waals surface area contributed by atoms with Crippen molar-refractivity contribution in [2.45, 2.75) is 33.2 Å². The molecule has 1 aliphatic heterocycles. The van der Waals surface area contributed by atoms with Gasteiger partial charge in [-0.05, 0) is 61.7 Å². The van der Waals surface area contributed by atoms with Crippen LogP contribution in [-0.2, 0) is 9.59 Å². The van der Waals surface area contributed by atoms with Crippen LogP contribution in [0.1, 0.15) is 23.1 Å². The lowest BCUT2D eigenvalue weighted by molar-refractivity contribution is -0.121. The van der Waals surface area contributed by atoms with Crippen LogP contribution >= 0.6 is 0 Å². The zero-order valence-electron chi connectivity index (χ0n) is 13.6. The molecule has 0 spiro atoms. The third-order valence-corrected chi connectivity index (χ3v) is 3.97. The minimum absolute atomic E-state index is 0.162. The summed E-state index contributed by atoms with van der Waals surface area (Å²) >= 11 is 0. The van der Waals surface area contributed by atoms with Gasteiger partial charge in [0.25, 0.3) is 5.91 Å². The number of anilines is 2. The Kier molecular flexibility index (Phi) is 3.90. The molecule has 23 heavy (non-hydrogen) atoms. The summed E-state index contributed by atoms with van der Waals surface area (Å²) in [7, 11) is 0. The summed E-state index contributed by atoms with van der Waals surface area (Å²) in [6, 6.07) is 13.1. The first-order chi connectivity index (χ1) is 10.9. The molecule has 2 aromatic rings. The first-order valence-corrected chi connectivity index (χ1v) is 7.72. The standard InChI is InChI=1S/C19H20N2O2/c1-12-5-4-6-15(8-12)20-17-11-18(22)21(19(17)23)16-9-13(2)7-14(3)10-16/h4-10,17,20H,11H2,1-3H3. The highest BCUT2D eigenvalue weighted by atomic mass is 16.2. The Labute approximate surface area is 136 Å². The van der Waals surface area contributed by atoms with Gasteiger partial charge in [-0.1, -0.05) is 18.2 Å². The van der Waals surface area contributed by atoms with Crippen molar-refractivity contribution < 1.29 is 9.59 Å². The van der Waals surface area contributed by atoms with E-state index in [1.165, 1.54) is 4.90 Å². The minimum atomic E-state index is -0.509. The Morgan fingerprint density at radius 1 is 0.957 bits per heavy atom. The van der Waals surface area contributed by atoms with Crippen LogP contribution in [0, 0.1) is 20.8 Å². The Morgan fingerprint density at radius 3 is 2.30 bits per heavy atom. The van der Waals surface area contributed by atoms with Gasteiger partial charge < -0.3 is 5.32 Å². The number of amides is 2. The smallest absolute Gasteiger partial charge is 0.256 e. The molecule has 0 radical (unpaired) electrons. The second kappa shape index (κ2) is 5.88. The molecule has 4 heteroatoms. The second-order valence-electron chi connectivity index (χ2n) is 6.18. The summed E-state index contributed by atoms with van der Waals surface area (Å²) in [4.78, 5) is 26.3. The van der Waals surface area contributed by atoms with E-state index in [4.69, 9.17) is 0 Å². The number of nitrogens with one attached hydrogen (secondary N) is 1. The van der Waals surface area contributed by atoms with E-state index in [2.05, 4.69) is 5.32 Å². The van der Waals surface area contributed by atoms with Gasteiger partial charge in [-0.2, -0.15) is 0 Å². The number of aryl methyl sites for hydroxylation is 3. The number of hydrogen-bond donors (Lipinski definition) is 1. The van der Waals surface area contributed by atoms with Crippen molar-refractivity contribution in [2.75, 3.05) is 10.2 Å². The zero-order chi connectivity index (χ0) is 16.6. The molecule has 0 saturated carbocycles. The van der Waals surface area contributed by atoms with Gasteiger partial charge in [0, 0.05) is 5.69 Å². The largest absolute Gasteiger partial charge is 0.373 e. The molecular weight excluding hydrogens is 288 g/mol. The number of rotatable bonds is 3. The predicted octanol–water partition coefficient (Wildman–Crippen LogP) is 3.36. The zero-order valence-corrected chi connectivity index (χ0v) is 13.6. The topological polar surface area (TPSA) is 49.4 Å². The predicted molar refractivity (Wildman–Crippen MR) is 91.6 cm³/mol. The van der Waals surface area contributed by atoms with Crippen molar-refractivity contribution in [3.05, 3.63) is 59.2 Å². The molecule has 1 saturated heterocycles. The molecule has 1 N–H and O–H groups in total. The molecule has 1 aliphatic rings. The Balaban J connectivity index is 1.85. The van der Waals surface area contributed by atoms with Crippen LogP contribution in [0.2, 0.25) is 0 Å². The van der Waals surface area contributed by atoms with Crippen molar-refractivity contribution in [1.82, 2.24) is 0 Å². The van der Waals surface area contributed by atoms with Gasteiger partial charge in [0.2, 0.25) is 5.91 Å². The molecule has 1 fully saturated rings. The first-order valence-electron chi connectivity index (χ1n) is 7.72. The van der Waals surface area contributed by atoms with E-state index < -0.39 is 6.04 Å². The van der Waals surface area contributed by atoms with E-state index in [-0.39, 0.29) is 18.2 Å². The molecule has 2 amide bonds. The van der Waals surface area contributed by atoms with Crippen LogP contribution in [0.3, 0.4) is 0 Å². The summed E-state index contributed by atoms with van der Waals surface area (Å²) < 4.78 is 0. The van der Waals surface area contributed by atoms with Crippen molar-refractivity contribution in [3.8, 4) is 0 Å². The maximum absolute atomic E-state index is 12.7. The van der Waals surface area contributed by atoms with E-state index in [1.807, 2.05) is 63.2 Å². The van der Waals surface area contributed by atoms with Crippen molar-refractivity contribution in [3.63, 3.8) is 0 Å². The lowest BCUT2D eigenvalue weighted by Crippen LogP contribution is -2.34. The highest BCUT2D eigenvalue weighted by Gasteiger charge is 2.39. The average molecular weight is 308 g/mol. The highest BCUT2D eigenvalue weighted by Crippen LogP contribution is 2.27. The molecule has 118 valence electrons. The maximum Gasteiger partial charge on any atom is 0.256 e. The number of hydrogen-bond acceptors (Lipinski definition) is 3. The molecule has 4 nitrogen and oxygen atoms in total. The third-order valence-electron chi connectivity index (χ3n) is 3.97. The quantitative estimate of drug-likeness (QED) is 0.885. The van der Waals surface area contributed by atoms with Gasteiger partial charge in [0.1, 0.15) is 6.04 Å². The average Bonchev–Trinajstić information content (AvgIpc) is 2.72.